The van der Waals surface area contributed by atoms with Gasteiger partial charge in [-0.2, -0.15) is 0 Å². The highest BCUT2D eigenvalue weighted by molar-refractivity contribution is 5.34. The van der Waals surface area contributed by atoms with Gasteiger partial charge in [0.1, 0.15) is 13.2 Å². The number of aliphatic hydroxyl groups excluding tert-OH is 2. The fraction of sp³-hybridized carbons (Fsp3) is 0.400. The van der Waals surface area contributed by atoms with Crippen LogP contribution in [0.3, 0.4) is 0 Å². The predicted octanol–water partition coefficient (Wildman–Crippen LogP) is 0.835. The minimum absolute atomic E-state index is 0.0270. The molecule has 1 aromatic carbocycles. The van der Waals surface area contributed by atoms with Crippen molar-refractivity contribution >= 4 is 5.69 Å². The van der Waals surface area contributed by atoms with Crippen molar-refractivity contribution in [2.45, 2.75) is 0 Å². The molecule has 0 bridgehead atoms. The van der Waals surface area contributed by atoms with Crippen LogP contribution in [-0.2, 0) is 9.68 Å². The largest absolute Gasteiger partial charge is 0.394 e. The Morgan fingerprint density at radius 2 is 1.59 bits per heavy atom. The lowest BCUT2D eigenvalue weighted by molar-refractivity contribution is -0.376. The fourth-order valence-corrected chi connectivity index (χ4v) is 0.910. The number of hydrogen-bond donors (Lipinski definition) is 2. The summed E-state index contributed by atoms with van der Waals surface area (Å²) in [5, 5.41) is 25.5. The summed E-state index contributed by atoms with van der Waals surface area (Å²) in [5.41, 5.74) is 0.637. The lowest BCUT2D eigenvalue weighted by atomic mass is 10.3. The normalized spacial score (nSPS) is 10.9. The summed E-state index contributed by atoms with van der Waals surface area (Å²) < 4.78 is 0. The zero-order chi connectivity index (χ0) is 12.3. The Morgan fingerprint density at radius 1 is 1.00 bits per heavy atom. The molecule has 94 valence electrons. The van der Waals surface area contributed by atoms with Crippen molar-refractivity contribution in [2.75, 3.05) is 26.4 Å². The smallest absolute Gasteiger partial charge is 0.102 e. The van der Waals surface area contributed by atoms with E-state index < -0.39 is 0 Å². The van der Waals surface area contributed by atoms with E-state index in [9.17, 15) is 0 Å². The van der Waals surface area contributed by atoms with Gasteiger partial charge in [-0.05, 0) is 22.7 Å². The second-order valence-corrected chi connectivity index (χ2v) is 2.88. The predicted molar refractivity (Wildman–Crippen MR) is 58.9 cm³/mol. The molecule has 0 heterocycles. The molecule has 0 fully saturated rings. The van der Waals surface area contributed by atoms with Crippen LogP contribution in [0.2, 0.25) is 0 Å². The molecule has 7 heteroatoms. The third-order valence-electron chi connectivity index (χ3n) is 1.58. The van der Waals surface area contributed by atoms with Gasteiger partial charge in [-0.15, -0.1) is 5.11 Å². The summed E-state index contributed by atoms with van der Waals surface area (Å²) in [5.74, 6) is 0. The van der Waals surface area contributed by atoms with Crippen LogP contribution in [-0.4, -0.2) is 42.0 Å². The van der Waals surface area contributed by atoms with Crippen LogP contribution in [0.1, 0.15) is 0 Å². The van der Waals surface area contributed by atoms with Crippen LogP contribution < -0.4 is 0 Å². The first-order valence-corrected chi connectivity index (χ1v) is 5.11. The maximum absolute atomic E-state index is 8.60. The highest BCUT2D eigenvalue weighted by Crippen LogP contribution is 2.11. The summed E-state index contributed by atoms with van der Waals surface area (Å²) in [6.07, 6.45) is 0. The van der Waals surface area contributed by atoms with Gasteiger partial charge < -0.3 is 10.2 Å². The number of rotatable bonds is 8. The van der Waals surface area contributed by atoms with Crippen LogP contribution in [0.4, 0.5) is 5.69 Å². The van der Waals surface area contributed by atoms with E-state index in [2.05, 4.69) is 10.3 Å². The Hall–Kier alpha value is -1.54. The fourth-order valence-electron chi connectivity index (χ4n) is 0.910. The van der Waals surface area contributed by atoms with E-state index in [1.807, 2.05) is 18.2 Å². The standard InChI is InChI=1S/C10H15N3O4/c14-6-8-16-13(17-9-7-15)12-11-10-4-2-1-3-5-10/h1-5,14-15H,6-9H2. The van der Waals surface area contributed by atoms with Crippen molar-refractivity contribution in [1.29, 1.82) is 0 Å². The molecule has 7 nitrogen and oxygen atoms in total. The highest BCUT2D eigenvalue weighted by Gasteiger charge is 2.02. The number of benzene rings is 1. The summed E-state index contributed by atoms with van der Waals surface area (Å²) in [4.78, 5) is 9.81. The van der Waals surface area contributed by atoms with E-state index in [0.717, 1.165) is 5.34 Å². The van der Waals surface area contributed by atoms with E-state index in [1.54, 1.807) is 12.1 Å². The molecule has 0 unspecified atom stereocenters. The Labute approximate surface area is 98.8 Å². The van der Waals surface area contributed by atoms with E-state index in [-0.39, 0.29) is 26.4 Å². The molecule has 0 spiro atoms. The van der Waals surface area contributed by atoms with Crippen LogP contribution in [0.25, 0.3) is 0 Å². The van der Waals surface area contributed by atoms with Gasteiger partial charge >= 0.3 is 0 Å². The molecule has 0 aromatic heterocycles. The average Bonchev–Trinajstić information content (AvgIpc) is 2.39. The maximum Gasteiger partial charge on any atom is 0.102 e. The zero-order valence-corrected chi connectivity index (χ0v) is 9.27. The highest BCUT2D eigenvalue weighted by atomic mass is 17.0. The summed E-state index contributed by atoms with van der Waals surface area (Å²) in [6.45, 7) is -0.280. The average molecular weight is 241 g/mol. The number of nitrogens with zero attached hydrogens (tertiary/aromatic N) is 3. The third-order valence-corrected chi connectivity index (χ3v) is 1.58. The topological polar surface area (TPSA) is 86.9 Å². The molecule has 1 aromatic rings. The van der Waals surface area contributed by atoms with E-state index >= 15 is 0 Å². The first kappa shape index (κ1) is 13.5. The molecule has 0 aliphatic carbocycles. The number of aliphatic hydroxyl groups is 2. The van der Waals surface area contributed by atoms with Gasteiger partial charge in [-0.25, -0.2) is 9.68 Å². The molecule has 0 radical (unpaired) electrons. The molecule has 1 rings (SSSR count). The molecule has 0 aliphatic rings. The molecule has 0 aliphatic heterocycles. The third kappa shape index (κ3) is 5.93. The van der Waals surface area contributed by atoms with E-state index in [4.69, 9.17) is 19.9 Å². The lowest BCUT2D eigenvalue weighted by Crippen LogP contribution is -2.21. The second kappa shape index (κ2) is 8.59. The van der Waals surface area contributed by atoms with Crippen LogP contribution in [0.5, 0.6) is 0 Å². The van der Waals surface area contributed by atoms with Gasteiger partial charge in [-0.3, -0.25) is 0 Å². The Balaban J connectivity index is 2.49. The molecule has 0 saturated carbocycles. The van der Waals surface area contributed by atoms with E-state index in [1.165, 1.54) is 0 Å². The molecule has 0 saturated heterocycles. The monoisotopic (exact) mass is 241 g/mol. The van der Waals surface area contributed by atoms with Crippen molar-refractivity contribution in [3.05, 3.63) is 30.3 Å². The van der Waals surface area contributed by atoms with Crippen LogP contribution in [0.15, 0.2) is 40.7 Å². The number of hydrogen-bond acceptors (Lipinski definition) is 6. The van der Waals surface area contributed by atoms with Crippen molar-refractivity contribution in [1.82, 2.24) is 5.34 Å². The van der Waals surface area contributed by atoms with Crippen molar-refractivity contribution < 1.29 is 19.9 Å². The van der Waals surface area contributed by atoms with Gasteiger partial charge in [-0.1, -0.05) is 18.2 Å². The van der Waals surface area contributed by atoms with Gasteiger partial charge in [0, 0.05) is 0 Å². The summed E-state index contributed by atoms with van der Waals surface area (Å²) in [7, 11) is 0. The minimum Gasteiger partial charge on any atom is -0.394 e. The summed E-state index contributed by atoms with van der Waals surface area (Å²) >= 11 is 0. The molecular formula is C10H15N3O4. The lowest BCUT2D eigenvalue weighted by Gasteiger charge is -2.13. The minimum atomic E-state index is -0.167. The summed E-state index contributed by atoms with van der Waals surface area (Å²) in [6, 6.07) is 9.03. The van der Waals surface area contributed by atoms with E-state index in [0.29, 0.717) is 5.69 Å². The van der Waals surface area contributed by atoms with Crippen molar-refractivity contribution in [3.8, 4) is 0 Å². The second-order valence-electron chi connectivity index (χ2n) is 2.88. The van der Waals surface area contributed by atoms with Gasteiger partial charge in [0.15, 0.2) is 0 Å². The van der Waals surface area contributed by atoms with Crippen molar-refractivity contribution in [2.24, 2.45) is 10.3 Å². The SMILES string of the molecule is OCCON(N=Nc1ccccc1)OCCO. The molecular weight excluding hydrogens is 226 g/mol. The first-order valence-electron chi connectivity index (χ1n) is 5.11. The van der Waals surface area contributed by atoms with Crippen LogP contribution >= 0.6 is 0 Å². The first-order chi connectivity index (χ1) is 8.36. The maximum atomic E-state index is 8.60. The molecule has 0 atom stereocenters. The Morgan fingerprint density at radius 3 is 2.12 bits per heavy atom. The molecule has 2 N–H and O–H groups in total. The quantitative estimate of drug-likeness (QED) is 0.520. The van der Waals surface area contributed by atoms with Gasteiger partial charge in [0.25, 0.3) is 0 Å². The molecule has 17 heavy (non-hydrogen) atoms. The van der Waals surface area contributed by atoms with Crippen molar-refractivity contribution in [3.63, 3.8) is 0 Å². The zero-order valence-electron chi connectivity index (χ0n) is 9.27. The molecule has 0 amide bonds. The van der Waals surface area contributed by atoms with Gasteiger partial charge in [0.2, 0.25) is 0 Å². The van der Waals surface area contributed by atoms with Gasteiger partial charge in [0.05, 0.1) is 18.9 Å². The Bertz CT molecular complexity index is 313. The Kier molecular flexibility index (Phi) is 6.84. The van der Waals surface area contributed by atoms with Crippen LogP contribution in [0, 0.1) is 0 Å².